The Morgan fingerprint density at radius 2 is 1.95 bits per heavy atom. The summed E-state index contributed by atoms with van der Waals surface area (Å²) in [5, 5.41) is 0. The van der Waals surface area contributed by atoms with Crippen molar-refractivity contribution in [1.29, 1.82) is 0 Å². The number of hydrogen-bond donors (Lipinski definition) is 0. The third kappa shape index (κ3) is 3.68. The highest BCUT2D eigenvalue weighted by Gasteiger charge is 2.33. The molecule has 0 fully saturated rings. The second-order valence-electron chi connectivity index (χ2n) is 5.41. The summed E-state index contributed by atoms with van der Waals surface area (Å²) in [5.41, 5.74) is 0.405. The van der Waals surface area contributed by atoms with Gasteiger partial charge in [-0.2, -0.15) is 4.31 Å². The van der Waals surface area contributed by atoms with Gasteiger partial charge in [-0.15, -0.1) is 6.58 Å². The number of aryl methyl sites for hydroxylation is 1. The number of nitrogens with zero attached hydrogens (tertiary/aromatic N) is 1. The highest BCUT2D eigenvalue weighted by atomic mass is 79.9. The lowest BCUT2D eigenvalue weighted by molar-refractivity contribution is 0.270. The van der Waals surface area contributed by atoms with Gasteiger partial charge in [0.25, 0.3) is 0 Å². The first-order valence-corrected chi connectivity index (χ1v) is 8.24. The molecule has 0 unspecified atom stereocenters. The molecule has 0 aliphatic rings. The quantitative estimate of drug-likeness (QED) is 0.779. The Kier molecular flexibility index (Phi) is 4.98. The van der Waals surface area contributed by atoms with Crippen LogP contribution in [-0.2, 0) is 10.0 Å². The fourth-order valence-corrected chi connectivity index (χ4v) is 3.84. The zero-order valence-corrected chi connectivity index (χ0v) is 14.2. The van der Waals surface area contributed by atoms with Gasteiger partial charge in [-0.3, -0.25) is 0 Å². The topological polar surface area (TPSA) is 37.4 Å². The monoisotopic (exact) mass is 345 g/mol. The molecule has 0 spiro atoms. The molecular weight excluding hydrogens is 326 g/mol. The van der Waals surface area contributed by atoms with Gasteiger partial charge in [0.2, 0.25) is 10.0 Å². The molecular formula is C14H20BrNO2S. The lowest BCUT2D eigenvalue weighted by Gasteiger charge is -2.33. The maximum atomic E-state index is 12.7. The van der Waals surface area contributed by atoms with E-state index in [4.69, 9.17) is 0 Å². The Morgan fingerprint density at radius 3 is 2.37 bits per heavy atom. The van der Waals surface area contributed by atoms with Gasteiger partial charge in [0, 0.05) is 16.6 Å². The summed E-state index contributed by atoms with van der Waals surface area (Å²) < 4.78 is 27.7. The maximum absolute atomic E-state index is 12.7. The highest BCUT2D eigenvalue weighted by Crippen LogP contribution is 2.27. The van der Waals surface area contributed by atoms with E-state index >= 15 is 0 Å². The van der Waals surface area contributed by atoms with Crippen LogP contribution < -0.4 is 0 Å². The van der Waals surface area contributed by atoms with Crippen molar-refractivity contribution < 1.29 is 8.42 Å². The summed E-state index contributed by atoms with van der Waals surface area (Å²) >= 11 is 3.38. The summed E-state index contributed by atoms with van der Waals surface area (Å²) in [4.78, 5) is 0.310. The number of halogens is 1. The Hall–Kier alpha value is -0.650. The minimum atomic E-state index is -3.52. The fraction of sp³-hybridized carbons (Fsp3) is 0.429. The molecule has 1 aromatic rings. The second kappa shape index (κ2) is 5.77. The average Bonchev–Trinajstić information content (AvgIpc) is 2.27. The molecule has 1 aromatic carbocycles. The molecule has 106 valence electrons. The minimum Gasteiger partial charge on any atom is -0.207 e. The van der Waals surface area contributed by atoms with E-state index in [1.165, 1.54) is 4.31 Å². The van der Waals surface area contributed by atoms with E-state index < -0.39 is 15.6 Å². The Labute approximate surface area is 124 Å². The van der Waals surface area contributed by atoms with E-state index in [0.717, 1.165) is 10.0 Å². The van der Waals surface area contributed by atoms with Gasteiger partial charge in [0.1, 0.15) is 0 Å². The van der Waals surface area contributed by atoms with E-state index in [9.17, 15) is 8.42 Å². The van der Waals surface area contributed by atoms with E-state index in [1.54, 1.807) is 24.3 Å². The van der Waals surface area contributed by atoms with Crippen LogP contribution >= 0.6 is 15.9 Å². The molecule has 0 N–H and O–H groups in total. The molecule has 19 heavy (non-hydrogen) atoms. The first kappa shape index (κ1) is 16.4. The summed E-state index contributed by atoms with van der Waals surface area (Å²) in [7, 11) is -3.52. The molecule has 0 amide bonds. The summed E-state index contributed by atoms with van der Waals surface area (Å²) in [6.07, 6.45) is 1.61. The Balaban J connectivity index is 3.34. The van der Waals surface area contributed by atoms with Crippen molar-refractivity contribution in [3.05, 3.63) is 40.9 Å². The van der Waals surface area contributed by atoms with Crippen molar-refractivity contribution in [3.8, 4) is 0 Å². The van der Waals surface area contributed by atoms with Gasteiger partial charge in [-0.1, -0.05) is 22.0 Å². The predicted molar refractivity (Wildman–Crippen MR) is 82.7 cm³/mol. The van der Waals surface area contributed by atoms with Crippen molar-refractivity contribution in [3.63, 3.8) is 0 Å². The number of rotatable bonds is 4. The van der Waals surface area contributed by atoms with E-state index in [2.05, 4.69) is 22.5 Å². The average molecular weight is 346 g/mol. The van der Waals surface area contributed by atoms with Crippen molar-refractivity contribution in [2.45, 2.75) is 38.1 Å². The number of hydrogen-bond acceptors (Lipinski definition) is 2. The summed E-state index contributed by atoms with van der Waals surface area (Å²) in [5.74, 6) is 0. The van der Waals surface area contributed by atoms with Crippen molar-refractivity contribution in [2.75, 3.05) is 6.54 Å². The molecule has 0 aliphatic carbocycles. The second-order valence-corrected chi connectivity index (χ2v) is 8.12. The molecule has 3 nitrogen and oxygen atoms in total. The smallest absolute Gasteiger partial charge is 0.207 e. The molecule has 1 rings (SSSR count). The number of sulfonamides is 1. The van der Waals surface area contributed by atoms with Crippen LogP contribution in [0.5, 0.6) is 0 Å². The molecule has 0 saturated carbocycles. The van der Waals surface area contributed by atoms with Crippen LogP contribution in [0, 0.1) is 6.92 Å². The molecule has 0 heterocycles. The lowest BCUT2D eigenvalue weighted by Crippen LogP contribution is -2.45. The standard InChI is InChI=1S/C14H20BrNO2S/c1-6-9-16(14(3,4)5)19(17,18)12-7-8-13(15)11(2)10-12/h6-8,10H,1,9H2,2-5H3. The third-order valence-corrected chi connectivity index (χ3v) is 5.78. The van der Waals surface area contributed by atoms with Gasteiger partial charge in [-0.25, -0.2) is 8.42 Å². The maximum Gasteiger partial charge on any atom is 0.243 e. The highest BCUT2D eigenvalue weighted by molar-refractivity contribution is 9.10. The zero-order valence-electron chi connectivity index (χ0n) is 11.8. The van der Waals surface area contributed by atoms with Crippen molar-refractivity contribution in [2.24, 2.45) is 0 Å². The first-order valence-electron chi connectivity index (χ1n) is 6.00. The molecule has 0 aliphatic heterocycles. The predicted octanol–water partition coefficient (Wildman–Crippen LogP) is 3.73. The molecule has 0 atom stereocenters. The van der Waals surface area contributed by atoms with Crippen LogP contribution in [0.4, 0.5) is 0 Å². The summed E-state index contributed by atoms with van der Waals surface area (Å²) in [6, 6.07) is 5.06. The van der Waals surface area contributed by atoms with Crippen LogP contribution in [0.2, 0.25) is 0 Å². The normalized spacial score (nSPS) is 12.7. The van der Waals surface area contributed by atoms with Crippen molar-refractivity contribution >= 4 is 26.0 Å². The van der Waals surface area contributed by atoms with Crippen LogP contribution in [0.3, 0.4) is 0 Å². The van der Waals surface area contributed by atoms with E-state index in [-0.39, 0.29) is 0 Å². The Morgan fingerprint density at radius 1 is 1.37 bits per heavy atom. The minimum absolute atomic E-state index is 0.293. The molecule has 5 heteroatoms. The van der Waals surface area contributed by atoms with Gasteiger partial charge in [0.15, 0.2) is 0 Å². The van der Waals surface area contributed by atoms with Gasteiger partial charge >= 0.3 is 0 Å². The molecule has 0 radical (unpaired) electrons. The van der Waals surface area contributed by atoms with Gasteiger partial charge in [-0.05, 0) is 51.5 Å². The number of benzene rings is 1. The summed E-state index contributed by atoms with van der Waals surface area (Å²) in [6.45, 7) is 11.4. The third-order valence-electron chi connectivity index (χ3n) is 2.76. The SMILES string of the molecule is C=CCN(C(C)(C)C)S(=O)(=O)c1ccc(Br)c(C)c1. The van der Waals surface area contributed by atoms with Crippen molar-refractivity contribution in [1.82, 2.24) is 4.31 Å². The molecule has 0 bridgehead atoms. The zero-order chi connectivity index (χ0) is 14.8. The van der Waals surface area contributed by atoms with Gasteiger partial charge < -0.3 is 0 Å². The first-order chi connectivity index (χ1) is 8.60. The van der Waals surface area contributed by atoms with Crippen LogP contribution in [0.25, 0.3) is 0 Å². The van der Waals surface area contributed by atoms with E-state index in [1.807, 2.05) is 27.7 Å². The fourth-order valence-electron chi connectivity index (χ4n) is 1.75. The lowest BCUT2D eigenvalue weighted by atomic mass is 10.1. The van der Waals surface area contributed by atoms with Crippen LogP contribution in [0.15, 0.2) is 40.2 Å². The molecule has 0 aromatic heterocycles. The largest absolute Gasteiger partial charge is 0.243 e. The van der Waals surface area contributed by atoms with Gasteiger partial charge in [0.05, 0.1) is 4.90 Å². The van der Waals surface area contributed by atoms with Crippen LogP contribution in [0.1, 0.15) is 26.3 Å². The molecule has 0 saturated heterocycles. The van der Waals surface area contributed by atoms with E-state index in [0.29, 0.717) is 11.4 Å². The Bertz CT molecular complexity index is 574. The van der Waals surface area contributed by atoms with Crippen LogP contribution in [-0.4, -0.2) is 24.8 Å².